The molecule has 0 radical (unpaired) electrons. The lowest BCUT2D eigenvalue weighted by Gasteiger charge is -2.42. The second-order valence-electron chi connectivity index (χ2n) is 8.83. The molecule has 0 spiro atoms. The van der Waals surface area contributed by atoms with E-state index in [1.165, 1.54) is 17.4 Å². The number of thiazole rings is 1. The van der Waals surface area contributed by atoms with E-state index in [9.17, 15) is 17.6 Å². The minimum atomic E-state index is -3.71. The van der Waals surface area contributed by atoms with E-state index in [0.717, 1.165) is 5.69 Å². The van der Waals surface area contributed by atoms with Crippen LogP contribution in [0, 0.1) is 5.82 Å². The smallest absolute Gasteiger partial charge is 0.263 e. The molecule has 3 heterocycles. The minimum absolute atomic E-state index is 0. The molecule has 1 N–H and O–H groups in total. The van der Waals surface area contributed by atoms with Crippen LogP contribution >= 0.6 is 11.3 Å². The average molecular weight is 530 g/mol. The van der Waals surface area contributed by atoms with Crippen molar-refractivity contribution in [3.05, 3.63) is 72.1 Å². The van der Waals surface area contributed by atoms with Crippen LogP contribution in [0.1, 0.15) is 21.3 Å². The largest absolute Gasteiger partial charge is 0.368 e. The monoisotopic (exact) mass is 529 g/mol. The Morgan fingerprint density at radius 1 is 1.19 bits per heavy atom. The van der Waals surface area contributed by atoms with Gasteiger partial charge in [-0.15, -0.1) is 11.3 Å². The van der Waals surface area contributed by atoms with Crippen LogP contribution in [0.15, 0.2) is 71.2 Å². The Labute approximate surface area is 214 Å². The molecule has 2 aromatic heterocycles. The van der Waals surface area contributed by atoms with Crippen molar-refractivity contribution in [1.29, 1.82) is 0 Å². The van der Waals surface area contributed by atoms with Crippen molar-refractivity contribution in [2.75, 3.05) is 29.3 Å². The standard InChI is InChI=1S/C25H26FN5O3S2.H2/c1-17-16-29(19-6-8-20(9-7-19)36(33,34)28-25-27-11-15-35-25)13-14-30(17)24(32)18(2)31-12-10-21-22(26)4-3-5-23(21)31;/h3-12,15,17-18H,13-14,16H2,1-2H3,(H,27,28);1H/t17-,18-;/m1./s1. The first kappa shape index (κ1) is 24.3. The number of carbonyl (C=O) groups excluding carboxylic acids is 1. The molecule has 36 heavy (non-hydrogen) atoms. The van der Waals surface area contributed by atoms with E-state index in [1.807, 2.05) is 29.4 Å². The van der Waals surface area contributed by atoms with E-state index >= 15 is 0 Å². The summed E-state index contributed by atoms with van der Waals surface area (Å²) in [6.07, 6.45) is 3.30. The number of aromatic nitrogens is 2. The van der Waals surface area contributed by atoms with E-state index in [-0.39, 0.29) is 24.1 Å². The molecule has 2 atom stereocenters. The predicted octanol–water partition coefficient (Wildman–Crippen LogP) is 4.58. The van der Waals surface area contributed by atoms with Gasteiger partial charge in [-0.05, 0) is 56.3 Å². The van der Waals surface area contributed by atoms with Gasteiger partial charge in [0.25, 0.3) is 10.0 Å². The topological polar surface area (TPSA) is 87.5 Å². The highest BCUT2D eigenvalue weighted by molar-refractivity contribution is 7.93. The summed E-state index contributed by atoms with van der Waals surface area (Å²) in [5.74, 6) is -0.315. The zero-order valence-corrected chi connectivity index (χ0v) is 21.5. The van der Waals surface area contributed by atoms with E-state index in [2.05, 4.69) is 14.6 Å². The number of carbonyl (C=O) groups is 1. The molecule has 2 aromatic carbocycles. The van der Waals surface area contributed by atoms with Crippen molar-refractivity contribution >= 4 is 49.0 Å². The van der Waals surface area contributed by atoms with Crippen molar-refractivity contribution in [3.8, 4) is 0 Å². The second kappa shape index (κ2) is 9.55. The molecule has 8 nitrogen and oxygen atoms in total. The van der Waals surface area contributed by atoms with Crippen molar-refractivity contribution in [2.45, 2.75) is 30.8 Å². The van der Waals surface area contributed by atoms with Gasteiger partial charge in [-0.1, -0.05) is 6.07 Å². The molecule has 1 fully saturated rings. The van der Waals surface area contributed by atoms with Gasteiger partial charge in [0.2, 0.25) is 5.91 Å². The minimum Gasteiger partial charge on any atom is -0.368 e. The second-order valence-corrected chi connectivity index (χ2v) is 11.4. The van der Waals surface area contributed by atoms with E-state index in [4.69, 9.17) is 0 Å². The lowest BCUT2D eigenvalue weighted by Crippen LogP contribution is -2.55. The molecule has 11 heteroatoms. The molecule has 190 valence electrons. The fraction of sp³-hybridized carbons (Fsp3) is 0.280. The summed E-state index contributed by atoms with van der Waals surface area (Å²) in [6, 6.07) is 12.8. The number of nitrogens with one attached hydrogen (secondary N) is 1. The molecule has 4 aromatic rings. The Balaban J connectivity index is 0.00000320. The molecule has 0 aliphatic carbocycles. The zero-order chi connectivity index (χ0) is 25.4. The maximum Gasteiger partial charge on any atom is 0.263 e. The number of benzene rings is 2. The summed E-state index contributed by atoms with van der Waals surface area (Å²) in [5, 5.41) is 2.52. The number of nitrogens with zero attached hydrogens (tertiary/aromatic N) is 4. The Bertz CT molecular complexity index is 1490. The van der Waals surface area contributed by atoms with Crippen LogP contribution in [-0.4, -0.2) is 54.5 Å². The molecule has 0 saturated carbocycles. The molecule has 1 aliphatic rings. The summed E-state index contributed by atoms with van der Waals surface area (Å²) >= 11 is 1.22. The van der Waals surface area contributed by atoms with Crippen LogP contribution in [0.2, 0.25) is 0 Å². The van der Waals surface area contributed by atoms with Gasteiger partial charge >= 0.3 is 0 Å². The third-order valence-corrected chi connectivity index (χ3v) is 8.73. The number of fused-ring (bicyclic) bond motifs is 1. The Kier molecular flexibility index (Phi) is 6.44. The number of halogens is 1. The maximum absolute atomic E-state index is 14.1. The highest BCUT2D eigenvalue weighted by atomic mass is 32.2. The molecule has 0 bridgehead atoms. The van der Waals surface area contributed by atoms with Crippen LogP contribution in [0.25, 0.3) is 10.9 Å². The zero-order valence-electron chi connectivity index (χ0n) is 19.8. The highest BCUT2D eigenvalue weighted by Gasteiger charge is 2.31. The van der Waals surface area contributed by atoms with Crippen molar-refractivity contribution < 1.29 is 19.0 Å². The van der Waals surface area contributed by atoms with Crippen LogP contribution in [0.3, 0.4) is 0 Å². The number of amides is 1. The van der Waals surface area contributed by atoms with Crippen molar-refractivity contribution in [3.63, 3.8) is 0 Å². The molecule has 0 unspecified atom stereocenters. The van der Waals surface area contributed by atoms with Crippen LogP contribution < -0.4 is 9.62 Å². The lowest BCUT2D eigenvalue weighted by molar-refractivity contribution is -0.136. The molecular formula is C25H28FN5O3S2. The first-order valence-corrected chi connectivity index (χ1v) is 13.9. The fourth-order valence-electron chi connectivity index (χ4n) is 4.65. The number of hydrogen-bond donors (Lipinski definition) is 1. The first-order valence-electron chi connectivity index (χ1n) is 11.6. The van der Waals surface area contributed by atoms with Crippen molar-refractivity contribution in [1.82, 2.24) is 14.5 Å². The molecular weight excluding hydrogens is 501 g/mol. The third-order valence-electron chi connectivity index (χ3n) is 6.56. The van der Waals surface area contributed by atoms with E-state index in [0.29, 0.717) is 35.7 Å². The van der Waals surface area contributed by atoms with Crippen LogP contribution in [0.4, 0.5) is 15.2 Å². The lowest BCUT2D eigenvalue weighted by atomic mass is 10.1. The average Bonchev–Trinajstić information content (AvgIpc) is 3.53. The fourth-order valence-corrected chi connectivity index (χ4v) is 6.44. The number of anilines is 2. The van der Waals surface area contributed by atoms with Gasteiger partial charge in [0, 0.05) is 56.0 Å². The molecule has 1 aliphatic heterocycles. The number of sulfonamides is 1. The summed E-state index contributed by atoms with van der Waals surface area (Å²) in [4.78, 5) is 21.5. The predicted molar refractivity (Wildman–Crippen MR) is 141 cm³/mol. The summed E-state index contributed by atoms with van der Waals surface area (Å²) in [6.45, 7) is 5.60. The maximum atomic E-state index is 14.1. The van der Waals surface area contributed by atoms with E-state index < -0.39 is 16.1 Å². The van der Waals surface area contributed by atoms with Gasteiger partial charge in [-0.3, -0.25) is 9.52 Å². The Morgan fingerprint density at radius 3 is 2.67 bits per heavy atom. The number of piperazine rings is 1. The molecule has 5 rings (SSSR count). The normalized spacial score (nSPS) is 17.4. The van der Waals surface area contributed by atoms with Gasteiger partial charge < -0.3 is 14.4 Å². The highest BCUT2D eigenvalue weighted by Crippen LogP contribution is 2.27. The third kappa shape index (κ3) is 4.56. The van der Waals surface area contributed by atoms with Crippen LogP contribution in [-0.2, 0) is 14.8 Å². The Morgan fingerprint density at radius 2 is 1.97 bits per heavy atom. The van der Waals surface area contributed by atoms with Gasteiger partial charge in [-0.25, -0.2) is 17.8 Å². The summed E-state index contributed by atoms with van der Waals surface area (Å²) < 4.78 is 43.6. The first-order chi connectivity index (χ1) is 17.2. The SMILES string of the molecule is C[C@@H]1CN(c2ccc(S(=O)(=O)Nc3nccs3)cc2)CCN1C(=O)[C@@H](C)n1ccc2c(F)cccc21.[HH]. The van der Waals surface area contributed by atoms with Gasteiger partial charge in [0.15, 0.2) is 5.13 Å². The van der Waals surface area contributed by atoms with Gasteiger partial charge in [0.05, 0.1) is 10.4 Å². The van der Waals surface area contributed by atoms with Crippen LogP contribution in [0.5, 0.6) is 0 Å². The quantitative estimate of drug-likeness (QED) is 0.395. The summed E-state index contributed by atoms with van der Waals surface area (Å²) in [7, 11) is -3.71. The van der Waals surface area contributed by atoms with Gasteiger partial charge in [0.1, 0.15) is 11.9 Å². The summed E-state index contributed by atoms with van der Waals surface area (Å²) in [5.41, 5.74) is 1.59. The van der Waals surface area contributed by atoms with E-state index in [1.54, 1.807) is 54.2 Å². The Hall–Kier alpha value is -3.44. The molecule has 1 saturated heterocycles. The van der Waals surface area contributed by atoms with Crippen molar-refractivity contribution in [2.24, 2.45) is 0 Å². The number of rotatable bonds is 6. The van der Waals surface area contributed by atoms with Gasteiger partial charge in [-0.2, -0.15) is 0 Å². The number of hydrogen-bond acceptors (Lipinski definition) is 6. The molecule has 1 amide bonds.